The van der Waals surface area contributed by atoms with Gasteiger partial charge in [-0.25, -0.2) is 4.79 Å². The quantitative estimate of drug-likeness (QED) is 0.872. The van der Waals surface area contributed by atoms with Gasteiger partial charge in [-0.15, -0.1) is 10.2 Å². The molecule has 0 spiro atoms. The smallest absolute Gasteiger partial charge is 0.324 e. The van der Waals surface area contributed by atoms with Crippen molar-refractivity contribution in [3.63, 3.8) is 0 Å². The molecule has 22 heavy (non-hydrogen) atoms. The van der Waals surface area contributed by atoms with Crippen LogP contribution in [0.5, 0.6) is 0 Å². The summed E-state index contributed by atoms with van der Waals surface area (Å²) in [4.78, 5) is 14.3. The number of urea groups is 1. The maximum Gasteiger partial charge on any atom is 0.324 e. The van der Waals surface area contributed by atoms with Gasteiger partial charge >= 0.3 is 6.03 Å². The number of hydrogen-bond donors (Lipinski definition) is 2. The summed E-state index contributed by atoms with van der Waals surface area (Å²) in [5, 5.41) is 25.4. The van der Waals surface area contributed by atoms with Crippen molar-refractivity contribution < 1.29 is 14.4 Å². The average molecular weight is 321 g/mol. The largest absolute Gasteiger partial charge is 0.393 e. The molecule has 1 unspecified atom stereocenters. The lowest BCUT2D eigenvalue weighted by Crippen LogP contribution is -2.49. The third-order valence-corrected chi connectivity index (χ3v) is 5.10. The van der Waals surface area contributed by atoms with Gasteiger partial charge in [-0.2, -0.15) is 0 Å². The van der Waals surface area contributed by atoms with Crippen molar-refractivity contribution in [2.24, 2.45) is 0 Å². The first-order valence-corrected chi connectivity index (χ1v) is 8.04. The van der Waals surface area contributed by atoms with Gasteiger partial charge in [0.1, 0.15) is 12.0 Å². The molecule has 8 nitrogen and oxygen atoms in total. The van der Waals surface area contributed by atoms with Gasteiger partial charge in [0.25, 0.3) is 0 Å². The van der Waals surface area contributed by atoms with Crippen molar-refractivity contribution in [3.05, 3.63) is 12.3 Å². The molecule has 2 aromatic heterocycles. The van der Waals surface area contributed by atoms with E-state index in [4.69, 9.17) is 4.52 Å². The van der Waals surface area contributed by atoms with Crippen LogP contribution in [0.15, 0.2) is 16.9 Å². The molecule has 0 radical (unpaired) electrons. The Morgan fingerprint density at radius 2 is 2.14 bits per heavy atom. The van der Waals surface area contributed by atoms with Crippen molar-refractivity contribution in [2.75, 3.05) is 5.32 Å². The van der Waals surface area contributed by atoms with E-state index in [1.165, 1.54) is 17.6 Å². The number of piperidine rings is 1. The molecule has 2 fully saturated rings. The number of aliphatic hydroxyl groups is 1. The summed E-state index contributed by atoms with van der Waals surface area (Å²) in [6.45, 7) is 0. The molecular formula is C13H15N5O3S. The van der Waals surface area contributed by atoms with Gasteiger partial charge in [-0.1, -0.05) is 16.5 Å². The highest BCUT2D eigenvalue weighted by molar-refractivity contribution is 7.18. The first kappa shape index (κ1) is 13.6. The molecule has 2 bridgehead atoms. The molecule has 0 aromatic carbocycles. The molecule has 0 aliphatic carbocycles. The minimum absolute atomic E-state index is 0.122. The predicted octanol–water partition coefficient (Wildman–Crippen LogP) is 1.71. The summed E-state index contributed by atoms with van der Waals surface area (Å²) in [5.74, 6) is 0. The summed E-state index contributed by atoms with van der Waals surface area (Å²) in [6.07, 6.45) is 4.40. The number of carbonyl (C=O) groups excluding carboxylic acids is 1. The van der Waals surface area contributed by atoms with Gasteiger partial charge in [0.15, 0.2) is 5.01 Å². The number of amides is 2. The Kier molecular flexibility index (Phi) is 3.30. The second-order valence-electron chi connectivity index (χ2n) is 5.64. The molecule has 2 N–H and O–H groups in total. The third-order valence-electron chi connectivity index (χ3n) is 4.24. The molecule has 116 valence electrons. The van der Waals surface area contributed by atoms with Crippen molar-refractivity contribution in [1.29, 1.82) is 0 Å². The van der Waals surface area contributed by atoms with Crippen molar-refractivity contribution in [2.45, 2.75) is 43.9 Å². The molecule has 2 aliphatic heterocycles. The van der Waals surface area contributed by atoms with E-state index in [2.05, 4.69) is 20.7 Å². The van der Waals surface area contributed by atoms with Crippen molar-refractivity contribution in [3.8, 4) is 10.7 Å². The molecule has 2 aromatic rings. The van der Waals surface area contributed by atoms with Crippen LogP contribution in [-0.2, 0) is 0 Å². The highest BCUT2D eigenvalue weighted by Gasteiger charge is 2.43. The fourth-order valence-corrected chi connectivity index (χ4v) is 4.03. The monoisotopic (exact) mass is 321 g/mol. The van der Waals surface area contributed by atoms with Crippen LogP contribution in [0.3, 0.4) is 0 Å². The third kappa shape index (κ3) is 2.35. The lowest BCUT2D eigenvalue weighted by Gasteiger charge is -2.36. The molecule has 9 heteroatoms. The Morgan fingerprint density at radius 1 is 1.36 bits per heavy atom. The first-order valence-electron chi connectivity index (χ1n) is 7.22. The van der Waals surface area contributed by atoms with Crippen LogP contribution in [0.1, 0.15) is 25.7 Å². The molecule has 4 rings (SSSR count). The van der Waals surface area contributed by atoms with Gasteiger partial charge in [-0.05, 0) is 25.7 Å². The van der Waals surface area contributed by atoms with Crippen LogP contribution in [-0.4, -0.2) is 49.6 Å². The lowest BCUT2D eigenvalue weighted by atomic mass is 10.0. The van der Waals surface area contributed by atoms with E-state index in [9.17, 15) is 9.90 Å². The summed E-state index contributed by atoms with van der Waals surface area (Å²) in [6, 6.07) is 1.77. The number of rotatable bonds is 2. The van der Waals surface area contributed by atoms with E-state index in [1.807, 2.05) is 4.90 Å². The number of nitrogens with zero attached hydrogens (tertiary/aromatic N) is 4. The number of aromatic nitrogens is 3. The van der Waals surface area contributed by atoms with E-state index in [-0.39, 0.29) is 24.2 Å². The number of nitrogens with one attached hydrogen (secondary N) is 1. The number of fused-ring (bicyclic) bond motifs is 2. The van der Waals surface area contributed by atoms with Gasteiger partial charge in [-0.3, -0.25) is 5.32 Å². The van der Waals surface area contributed by atoms with Gasteiger partial charge < -0.3 is 14.5 Å². The Labute approximate surface area is 130 Å². The molecule has 3 atom stereocenters. The maximum atomic E-state index is 12.5. The Morgan fingerprint density at radius 3 is 2.82 bits per heavy atom. The van der Waals surface area contributed by atoms with Crippen molar-refractivity contribution in [1.82, 2.24) is 20.3 Å². The number of anilines is 1. The Balaban J connectivity index is 1.47. The zero-order valence-corrected chi connectivity index (χ0v) is 12.5. The minimum atomic E-state index is -0.290. The fourth-order valence-electron chi connectivity index (χ4n) is 3.34. The zero-order valence-electron chi connectivity index (χ0n) is 11.7. The number of hydrogen-bond acceptors (Lipinski definition) is 7. The maximum absolute atomic E-state index is 12.5. The second kappa shape index (κ2) is 5.33. The molecular weight excluding hydrogens is 306 g/mol. The van der Waals surface area contributed by atoms with Gasteiger partial charge in [0, 0.05) is 18.2 Å². The molecule has 2 amide bonds. The van der Waals surface area contributed by atoms with Crippen LogP contribution < -0.4 is 5.32 Å². The topological polar surface area (TPSA) is 104 Å². The SMILES string of the molecule is O=C(Nc1nnc(-c2ccon2)s1)N1[C@@H]2CC[C@H]1CC(O)C2. The van der Waals surface area contributed by atoms with Crippen LogP contribution in [0.4, 0.5) is 9.93 Å². The minimum Gasteiger partial charge on any atom is -0.393 e. The van der Waals surface area contributed by atoms with Crippen LogP contribution in [0, 0.1) is 0 Å². The fraction of sp³-hybridized carbons (Fsp3) is 0.538. The molecule has 2 aliphatic rings. The van der Waals surface area contributed by atoms with Crippen LogP contribution >= 0.6 is 11.3 Å². The van der Waals surface area contributed by atoms with E-state index >= 15 is 0 Å². The summed E-state index contributed by atoms with van der Waals surface area (Å²) in [5.41, 5.74) is 0.596. The standard InChI is InChI=1S/C13H15N5O3S/c19-9-5-7-1-2-8(6-9)18(7)13(20)14-12-16-15-11(22-12)10-3-4-21-17-10/h3-4,7-9,19H,1-2,5-6H2,(H,14,16,20)/t7-,8+,9?. The van der Waals surface area contributed by atoms with Crippen LogP contribution in [0.2, 0.25) is 0 Å². The normalized spacial score (nSPS) is 27.1. The summed E-state index contributed by atoms with van der Waals surface area (Å²) >= 11 is 1.25. The Bertz CT molecular complexity index is 659. The Hall–Kier alpha value is -2.00. The number of aliphatic hydroxyl groups excluding tert-OH is 1. The van der Waals surface area contributed by atoms with E-state index in [1.54, 1.807) is 6.07 Å². The summed E-state index contributed by atoms with van der Waals surface area (Å²) in [7, 11) is 0. The van der Waals surface area contributed by atoms with Crippen molar-refractivity contribution >= 4 is 22.5 Å². The van der Waals surface area contributed by atoms with E-state index < -0.39 is 0 Å². The molecule has 0 saturated carbocycles. The lowest BCUT2D eigenvalue weighted by molar-refractivity contribution is 0.0580. The second-order valence-corrected chi connectivity index (χ2v) is 6.62. The highest BCUT2D eigenvalue weighted by Crippen LogP contribution is 2.36. The summed E-state index contributed by atoms with van der Waals surface area (Å²) < 4.78 is 4.77. The zero-order chi connectivity index (χ0) is 15.1. The number of carbonyl (C=O) groups is 1. The van der Waals surface area contributed by atoms with Gasteiger partial charge in [0.05, 0.1) is 6.10 Å². The van der Waals surface area contributed by atoms with E-state index in [0.717, 1.165) is 12.8 Å². The predicted molar refractivity (Wildman–Crippen MR) is 78.3 cm³/mol. The average Bonchev–Trinajstić information content (AvgIpc) is 3.18. The molecule has 2 saturated heterocycles. The molecule has 4 heterocycles. The first-order chi connectivity index (χ1) is 10.7. The highest BCUT2D eigenvalue weighted by atomic mass is 32.1. The van der Waals surface area contributed by atoms with Gasteiger partial charge in [0.2, 0.25) is 5.13 Å². The van der Waals surface area contributed by atoms with Crippen LogP contribution in [0.25, 0.3) is 10.7 Å². The van der Waals surface area contributed by atoms with E-state index in [0.29, 0.717) is 28.7 Å².